The number of likely N-dealkylation sites (tertiary alicyclic amines) is 1. The number of hydrogen-bond acceptors (Lipinski definition) is 5. The molecule has 2 aliphatic rings. The summed E-state index contributed by atoms with van der Waals surface area (Å²) in [6, 6.07) is 5.78. The first-order valence-electron chi connectivity index (χ1n) is 12.0. The van der Waals surface area contributed by atoms with Crippen LogP contribution in [0.15, 0.2) is 36.7 Å². The highest BCUT2D eigenvalue weighted by molar-refractivity contribution is 6.06. The van der Waals surface area contributed by atoms with Crippen molar-refractivity contribution in [1.82, 2.24) is 20.2 Å². The number of benzene rings is 1. The summed E-state index contributed by atoms with van der Waals surface area (Å²) in [6.45, 7) is 2.36. The largest absolute Gasteiger partial charge is 0.492 e. The molecule has 0 spiro atoms. The zero-order valence-electron chi connectivity index (χ0n) is 20.4. The molecule has 0 unspecified atom stereocenters. The zero-order chi connectivity index (χ0) is 26.1. The van der Waals surface area contributed by atoms with E-state index >= 15 is 0 Å². The van der Waals surface area contributed by atoms with Crippen LogP contribution in [-0.4, -0.2) is 57.7 Å². The summed E-state index contributed by atoms with van der Waals surface area (Å²) < 4.78 is 19.7. The predicted molar refractivity (Wildman–Crippen MR) is 136 cm³/mol. The van der Waals surface area contributed by atoms with E-state index < -0.39 is 18.0 Å². The van der Waals surface area contributed by atoms with Gasteiger partial charge < -0.3 is 25.5 Å². The maximum Gasteiger partial charge on any atom is 0.408 e. The minimum absolute atomic E-state index is 0.0264. The quantitative estimate of drug-likeness (QED) is 0.398. The molecule has 0 saturated carbocycles. The molecule has 2 atom stereocenters. The number of carbonyl (C=O) groups excluding carboxylic acids is 1. The lowest BCUT2D eigenvalue weighted by molar-refractivity contribution is 0.0946. The van der Waals surface area contributed by atoms with E-state index in [1.54, 1.807) is 30.6 Å². The van der Waals surface area contributed by atoms with Gasteiger partial charge in [-0.25, -0.2) is 9.18 Å². The molecule has 3 aromatic rings. The molecule has 190 valence electrons. The first kappa shape index (κ1) is 24.2. The van der Waals surface area contributed by atoms with Crippen LogP contribution in [0.3, 0.4) is 0 Å². The number of nitrogens with one attached hydrogen (secondary N) is 3. The summed E-state index contributed by atoms with van der Waals surface area (Å²) in [6.07, 6.45) is 4.23. The number of amides is 2. The van der Waals surface area contributed by atoms with Gasteiger partial charge in [-0.2, -0.15) is 0 Å². The second-order valence-corrected chi connectivity index (χ2v) is 9.00. The van der Waals surface area contributed by atoms with Crippen molar-refractivity contribution in [2.45, 2.75) is 38.3 Å². The fraction of sp³-hybridized carbons (Fsp3) is 0.296. The molecule has 2 aliphatic heterocycles. The Morgan fingerprint density at radius 2 is 2.16 bits per heavy atom. The fourth-order valence-electron chi connectivity index (χ4n) is 4.98. The van der Waals surface area contributed by atoms with E-state index in [2.05, 4.69) is 32.4 Å². The van der Waals surface area contributed by atoms with Gasteiger partial charge >= 0.3 is 6.09 Å². The summed E-state index contributed by atoms with van der Waals surface area (Å²) >= 11 is 0. The minimum atomic E-state index is -0.991. The number of hydrogen-bond donors (Lipinski definition) is 4. The number of fused-ring (bicyclic) bond motifs is 1. The molecule has 2 aromatic heterocycles. The van der Waals surface area contributed by atoms with Gasteiger partial charge in [0.1, 0.15) is 0 Å². The number of anilines is 2. The molecular formula is C27H26FN5O4. The molecule has 10 heteroatoms. The molecule has 1 fully saturated rings. The number of carboxylic acid groups (broad SMARTS) is 1. The van der Waals surface area contributed by atoms with Crippen molar-refractivity contribution >= 4 is 23.4 Å². The Kier molecular flexibility index (Phi) is 6.44. The lowest BCUT2D eigenvalue weighted by Crippen LogP contribution is -2.38. The van der Waals surface area contributed by atoms with E-state index in [4.69, 9.17) is 4.74 Å². The van der Waals surface area contributed by atoms with Crippen molar-refractivity contribution in [3.05, 3.63) is 59.3 Å². The summed E-state index contributed by atoms with van der Waals surface area (Å²) in [7, 11) is 1.38. The highest BCUT2D eigenvalue weighted by Crippen LogP contribution is 2.40. The van der Waals surface area contributed by atoms with Crippen molar-refractivity contribution in [3.8, 4) is 28.8 Å². The molecule has 4 heterocycles. The molecular weight excluding hydrogens is 477 g/mol. The highest BCUT2D eigenvalue weighted by Gasteiger charge is 2.33. The van der Waals surface area contributed by atoms with Gasteiger partial charge in [0, 0.05) is 42.7 Å². The summed E-state index contributed by atoms with van der Waals surface area (Å²) in [5.41, 5.74) is 3.85. The van der Waals surface area contributed by atoms with Crippen LogP contribution in [0, 0.1) is 17.7 Å². The molecule has 0 aliphatic carbocycles. The highest BCUT2D eigenvalue weighted by atomic mass is 19.1. The number of nitrogens with zero attached hydrogens (tertiary/aromatic N) is 2. The SMILES string of the molecule is COc1c(F)cccc1Nc1c(-c2ccncc2C#C[C@H]2CC[C@@H](C)N2C(=O)O)[nH]c2c1C(=O)NCC2. The van der Waals surface area contributed by atoms with Crippen molar-refractivity contribution < 1.29 is 23.8 Å². The van der Waals surface area contributed by atoms with E-state index in [1.165, 1.54) is 18.1 Å². The third kappa shape index (κ3) is 4.44. The van der Waals surface area contributed by atoms with Crippen LogP contribution in [0.25, 0.3) is 11.3 Å². The Labute approximate surface area is 213 Å². The average molecular weight is 504 g/mol. The van der Waals surface area contributed by atoms with Crippen LogP contribution >= 0.6 is 0 Å². The van der Waals surface area contributed by atoms with E-state index in [0.717, 1.165) is 12.1 Å². The number of pyridine rings is 1. The molecule has 37 heavy (non-hydrogen) atoms. The van der Waals surface area contributed by atoms with Gasteiger partial charge in [-0.05, 0) is 38.0 Å². The third-order valence-corrected chi connectivity index (χ3v) is 6.75. The smallest absolute Gasteiger partial charge is 0.408 e. The Morgan fingerprint density at radius 3 is 2.95 bits per heavy atom. The molecule has 0 bridgehead atoms. The Hall–Kier alpha value is -4.52. The molecule has 1 aromatic carbocycles. The predicted octanol–water partition coefficient (Wildman–Crippen LogP) is 4.14. The van der Waals surface area contributed by atoms with E-state index in [-0.39, 0.29) is 17.7 Å². The number of rotatable bonds is 4. The van der Waals surface area contributed by atoms with Crippen LogP contribution in [0.4, 0.5) is 20.6 Å². The fourth-order valence-corrected chi connectivity index (χ4v) is 4.98. The normalized spacial score (nSPS) is 18.5. The Morgan fingerprint density at radius 1 is 1.32 bits per heavy atom. The van der Waals surface area contributed by atoms with Crippen LogP contribution in [0.1, 0.15) is 41.4 Å². The second kappa shape index (κ2) is 9.85. The lowest BCUT2D eigenvalue weighted by atomic mass is 10.0. The summed E-state index contributed by atoms with van der Waals surface area (Å²) in [4.78, 5) is 33.6. The maximum absolute atomic E-state index is 14.4. The second-order valence-electron chi connectivity index (χ2n) is 9.00. The molecule has 9 nitrogen and oxygen atoms in total. The van der Waals surface area contributed by atoms with Crippen LogP contribution in [0.5, 0.6) is 5.75 Å². The number of aromatic nitrogens is 2. The zero-order valence-corrected chi connectivity index (χ0v) is 20.4. The number of H-pyrrole nitrogens is 1. The van der Waals surface area contributed by atoms with Crippen molar-refractivity contribution in [1.29, 1.82) is 0 Å². The minimum Gasteiger partial charge on any atom is -0.492 e. The van der Waals surface area contributed by atoms with Crippen molar-refractivity contribution in [3.63, 3.8) is 0 Å². The number of aromatic amines is 1. The third-order valence-electron chi connectivity index (χ3n) is 6.75. The Balaban J connectivity index is 1.61. The van der Waals surface area contributed by atoms with Gasteiger partial charge in [-0.1, -0.05) is 17.9 Å². The van der Waals surface area contributed by atoms with Gasteiger partial charge in [0.15, 0.2) is 11.6 Å². The molecule has 5 rings (SSSR count). The number of halogens is 1. The van der Waals surface area contributed by atoms with Gasteiger partial charge in [0.2, 0.25) is 0 Å². The van der Waals surface area contributed by atoms with Gasteiger partial charge in [0.05, 0.1) is 41.3 Å². The topological polar surface area (TPSA) is 120 Å². The average Bonchev–Trinajstić information content (AvgIpc) is 3.44. The van der Waals surface area contributed by atoms with Gasteiger partial charge in [-0.15, -0.1) is 0 Å². The van der Waals surface area contributed by atoms with E-state index in [0.29, 0.717) is 53.1 Å². The van der Waals surface area contributed by atoms with Crippen molar-refractivity contribution in [2.75, 3.05) is 19.0 Å². The van der Waals surface area contributed by atoms with Crippen molar-refractivity contribution in [2.24, 2.45) is 0 Å². The molecule has 4 N–H and O–H groups in total. The summed E-state index contributed by atoms with van der Waals surface area (Å²) in [5, 5.41) is 15.7. The number of methoxy groups -OCH3 is 1. The number of para-hydroxylation sites is 1. The standard InChI is InChI=1S/C27H26FN5O4/c1-15-6-8-17(33(15)27(35)36)9-7-16-14-29-12-10-18(16)23-24(22-20(31-23)11-13-30-26(22)34)32-21-5-3-4-19(28)25(21)37-2/h3-5,10,12,14-15,17,31-32H,6,8,11,13H2,1-2H3,(H,30,34)(H,35,36)/t15-,17-/m1/s1. The number of ether oxygens (including phenoxy) is 1. The monoisotopic (exact) mass is 503 g/mol. The van der Waals surface area contributed by atoms with E-state index in [1.807, 2.05) is 6.92 Å². The van der Waals surface area contributed by atoms with Crippen LogP contribution in [0.2, 0.25) is 0 Å². The van der Waals surface area contributed by atoms with Gasteiger partial charge in [0.25, 0.3) is 5.91 Å². The van der Waals surface area contributed by atoms with Gasteiger partial charge in [-0.3, -0.25) is 14.7 Å². The molecule has 0 radical (unpaired) electrons. The molecule has 1 saturated heterocycles. The van der Waals surface area contributed by atoms with E-state index in [9.17, 15) is 19.1 Å². The first-order valence-corrected chi connectivity index (χ1v) is 12.0. The first-order chi connectivity index (χ1) is 17.9. The molecule has 2 amide bonds. The van der Waals surface area contributed by atoms with Crippen LogP contribution < -0.4 is 15.4 Å². The number of carbonyl (C=O) groups is 2. The lowest BCUT2D eigenvalue weighted by Gasteiger charge is -2.21. The van der Waals surface area contributed by atoms with Crippen LogP contribution in [-0.2, 0) is 6.42 Å². The maximum atomic E-state index is 14.4. The summed E-state index contributed by atoms with van der Waals surface area (Å²) in [5.74, 6) is 5.47. The Bertz CT molecular complexity index is 1440.